The number of esters is 1. The van der Waals surface area contributed by atoms with Gasteiger partial charge in [0.2, 0.25) is 5.91 Å². The maximum Gasteiger partial charge on any atom is 0.343 e. The van der Waals surface area contributed by atoms with Gasteiger partial charge in [-0.15, -0.1) is 0 Å². The highest BCUT2D eigenvalue weighted by atomic mass is 16.6. The molecule has 8 heteroatoms. The van der Waals surface area contributed by atoms with Gasteiger partial charge in [0.05, 0.1) is 17.6 Å². The number of nitrogens with one attached hydrogen (secondary N) is 1. The lowest BCUT2D eigenvalue weighted by atomic mass is 10.1. The van der Waals surface area contributed by atoms with Crippen molar-refractivity contribution in [2.45, 2.75) is 0 Å². The van der Waals surface area contributed by atoms with Gasteiger partial charge in [0.1, 0.15) is 5.75 Å². The van der Waals surface area contributed by atoms with Gasteiger partial charge >= 0.3 is 5.97 Å². The number of carbonyl (C=O) groups is 2. The third-order valence-electron chi connectivity index (χ3n) is 3.25. The first-order valence-electron chi connectivity index (χ1n) is 7.52. The van der Waals surface area contributed by atoms with Crippen LogP contribution in [0.2, 0.25) is 0 Å². The summed E-state index contributed by atoms with van der Waals surface area (Å²) in [4.78, 5) is 33.4. The van der Waals surface area contributed by atoms with Crippen LogP contribution in [0.4, 0.5) is 11.4 Å². The molecule has 0 heterocycles. The second-order valence-corrected chi connectivity index (χ2v) is 5.03. The Hall–Kier alpha value is -3.68. The van der Waals surface area contributed by atoms with Crippen LogP contribution >= 0.6 is 0 Å². The number of methoxy groups -OCH3 is 1. The Morgan fingerprint density at radius 2 is 1.85 bits per heavy atom. The van der Waals surface area contributed by atoms with E-state index in [0.29, 0.717) is 17.0 Å². The molecule has 2 aromatic rings. The minimum absolute atomic E-state index is 0.0799. The van der Waals surface area contributed by atoms with Crippen molar-refractivity contribution < 1.29 is 24.0 Å². The Kier molecular flexibility index (Phi) is 6.44. The van der Waals surface area contributed by atoms with Crippen molar-refractivity contribution in [3.05, 3.63) is 70.3 Å². The number of benzene rings is 2. The van der Waals surface area contributed by atoms with Crippen LogP contribution < -0.4 is 10.1 Å². The fourth-order valence-corrected chi connectivity index (χ4v) is 1.98. The van der Waals surface area contributed by atoms with E-state index in [4.69, 9.17) is 4.74 Å². The zero-order chi connectivity index (χ0) is 18.9. The molecule has 0 aliphatic rings. The van der Waals surface area contributed by atoms with Gasteiger partial charge in [-0.1, -0.05) is 12.1 Å². The maximum atomic E-state index is 11.9. The molecule has 0 spiro atoms. The third-order valence-corrected chi connectivity index (χ3v) is 3.25. The van der Waals surface area contributed by atoms with Crippen LogP contribution in [-0.2, 0) is 14.3 Å². The second-order valence-electron chi connectivity index (χ2n) is 5.03. The highest BCUT2D eigenvalue weighted by Gasteiger charge is 2.09. The summed E-state index contributed by atoms with van der Waals surface area (Å²) in [5, 5.41) is 13.6. The largest absolute Gasteiger partial charge is 0.482 e. The average Bonchev–Trinajstić information content (AvgIpc) is 2.65. The minimum atomic E-state index is -0.509. The minimum Gasteiger partial charge on any atom is -0.482 e. The first kappa shape index (κ1) is 18.7. The molecule has 0 radical (unpaired) electrons. The van der Waals surface area contributed by atoms with Gasteiger partial charge in [-0.2, -0.15) is 0 Å². The lowest BCUT2D eigenvalue weighted by molar-refractivity contribution is -0.385. The predicted molar refractivity (Wildman–Crippen MR) is 94.7 cm³/mol. The molecule has 0 aliphatic heterocycles. The van der Waals surface area contributed by atoms with Gasteiger partial charge in [0.25, 0.3) is 5.69 Å². The summed E-state index contributed by atoms with van der Waals surface area (Å²) in [6.45, 7) is -0.208. The summed E-state index contributed by atoms with van der Waals surface area (Å²) in [5.41, 5.74) is 0.760. The lowest BCUT2D eigenvalue weighted by Crippen LogP contribution is -2.12. The summed E-state index contributed by atoms with van der Waals surface area (Å²) < 4.78 is 9.66. The number of hydrogen-bond acceptors (Lipinski definition) is 6. The van der Waals surface area contributed by atoms with Crippen LogP contribution in [0.5, 0.6) is 5.75 Å². The number of carbonyl (C=O) groups excluding carboxylic acids is 2. The van der Waals surface area contributed by atoms with E-state index in [1.165, 1.54) is 25.3 Å². The number of ether oxygens (including phenoxy) is 2. The number of rotatable bonds is 7. The molecule has 8 nitrogen and oxygen atoms in total. The average molecular weight is 356 g/mol. The van der Waals surface area contributed by atoms with Gasteiger partial charge < -0.3 is 14.8 Å². The second kappa shape index (κ2) is 8.97. The summed E-state index contributed by atoms with van der Waals surface area (Å²) in [5.74, 6) is -0.488. The van der Waals surface area contributed by atoms with Crippen molar-refractivity contribution in [2.24, 2.45) is 0 Å². The molecular weight excluding hydrogens is 340 g/mol. The normalized spacial score (nSPS) is 10.3. The molecule has 1 amide bonds. The zero-order valence-corrected chi connectivity index (χ0v) is 13.9. The van der Waals surface area contributed by atoms with Crippen molar-refractivity contribution in [3.8, 4) is 5.75 Å². The van der Waals surface area contributed by atoms with E-state index in [-0.39, 0.29) is 12.3 Å². The van der Waals surface area contributed by atoms with Crippen LogP contribution in [0, 0.1) is 10.1 Å². The van der Waals surface area contributed by atoms with E-state index in [2.05, 4.69) is 10.1 Å². The number of nitro benzene ring substituents is 1. The van der Waals surface area contributed by atoms with E-state index in [9.17, 15) is 19.7 Å². The Morgan fingerprint density at radius 3 is 2.50 bits per heavy atom. The van der Waals surface area contributed by atoms with Crippen LogP contribution in [0.15, 0.2) is 54.6 Å². The number of nitrogens with zero attached hydrogens (tertiary/aromatic N) is 1. The van der Waals surface area contributed by atoms with Crippen LogP contribution in [-0.4, -0.2) is 30.5 Å². The Labute approximate surface area is 149 Å². The molecular formula is C18H16N2O6. The van der Waals surface area contributed by atoms with Crippen molar-refractivity contribution in [1.82, 2.24) is 0 Å². The summed E-state index contributed by atoms with van der Waals surface area (Å²) in [6.07, 6.45) is 2.59. The third kappa shape index (κ3) is 5.45. The van der Waals surface area contributed by atoms with Gasteiger partial charge in [0.15, 0.2) is 6.61 Å². The van der Waals surface area contributed by atoms with Gasteiger partial charge in [-0.25, -0.2) is 4.79 Å². The molecule has 1 N–H and O–H groups in total. The summed E-state index contributed by atoms with van der Waals surface area (Å²) >= 11 is 0. The number of nitro groups is 1. The summed E-state index contributed by atoms with van der Waals surface area (Å²) in [6, 6.07) is 12.5. The molecule has 134 valence electrons. The number of anilines is 1. The zero-order valence-electron chi connectivity index (χ0n) is 13.9. The first-order valence-corrected chi connectivity index (χ1v) is 7.52. The quantitative estimate of drug-likeness (QED) is 0.354. The lowest BCUT2D eigenvalue weighted by Gasteiger charge is -2.06. The monoisotopic (exact) mass is 356 g/mol. The van der Waals surface area contributed by atoms with Crippen molar-refractivity contribution >= 4 is 29.3 Å². The van der Waals surface area contributed by atoms with Crippen LogP contribution in [0.1, 0.15) is 5.56 Å². The topological polar surface area (TPSA) is 108 Å². The van der Waals surface area contributed by atoms with E-state index < -0.39 is 16.8 Å². The van der Waals surface area contributed by atoms with Crippen LogP contribution in [0.3, 0.4) is 0 Å². The number of para-hydroxylation sites is 1. The number of hydrogen-bond donors (Lipinski definition) is 1. The molecule has 0 bridgehead atoms. The first-order chi connectivity index (χ1) is 12.5. The van der Waals surface area contributed by atoms with E-state index >= 15 is 0 Å². The molecule has 0 fully saturated rings. The molecule has 0 atom stereocenters. The molecule has 0 saturated carbocycles. The molecule has 2 rings (SSSR count). The maximum absolute atomic E-state index is 11.9. The SMILES string of the molecule is COC(=O)COc1ccc(NC(=O)C=Cc2ccccc2[N+](=O)[O-])cc1. The van der Waals surface area contributed by atoms with Crippen molar-refractivity contribution in [2.75, 3.05) is 19.0 Å². The van der Waals surface area contributed by atoms with E-state index in [1.807, 2.05) is 0 Å². The molecule has 26 heavy (non-hydrogen) atoms. The Balaban J connectivity index is 1.95. The van der Waals surface area contributed by atoms with Crippen LogP contribution in [0.25, 0.3) is 6.08 Å². The smallest absolute Gasteiger partial charge is 0.343 e. The van der Waals surface area contributed by atoms with Crippen molar-refractivity contribution in [1.29, 1.82) is 0 Å². The highest BCUT2D eigenvalue weighted by molar-refractivity contribution is 6.02. The Bertz CT molecular complexity index is 830. The molecule has 0 saturated heterocycles. The fourth-order valence-electron chi connectivity index (χ4n) is 1.98. The van der Waals surface area contributed by atoms with Crippen molar-refractivity contribution in [3.63, 3.8) is 0 Å². The highest BCUT2D eigenvalue weighted by Crippen LogP contribution is 2.19. The fraction of sp³-hybridized carbons (Fsp3) is 0.111. The van der Waals surface area contributed by atoms with E-state index in [0.717, 1.165) is 0 Å². The van der Waals surface area contributed by atoms with Gasteiger partial charge in [-0.3, -0.25) is 14.9 Å². The molecule has 0 unspecified atom stereocenters. The molecule has 0 aliphatic carbocycles. The summed E-state index contributed by atoms with van der Waals surface area (Å²) in [7, 11) is 1.27. The predicted octanol–water partition coefficient (Wildman–Crippen LogP) is 2.80. The molecule has 0 aromatic heterocycles. The van der Waals surface area contributed by atoms with Gasteiger partial charge in [-0.05, 0) is 36.4 Å². The molecule has 2 aromatic carbocycles. The van der Waals surface area contributed by atoms with Gasteiger partial charge in [0, 0.05) is 17.8 Å². The van der Waals surface area contributed by atoms with E-state index in [1.54, 1.807) is 42.5 Å². The standard InChI is InChI=1S/C18H16N2O6/c1-25-18(22)12-26-15-9-7-14(8-10-15)19-17(21)11-6-13-4-2-3-5-16(13)20(23)24/h2-11H,12H2,1H3,(H,19,21). The Morgan fingerprint density at radius 1 is 1.15 bits per heavy atom. The number of amides is 1.